The maximum absolute atomic E-state index is 12.1. The van der Waals surface area contributed by atoms with Gasteiger partial charge in [0.1, 0.15) is 10.8 Å². The fraction of sp³-hybridized carbons (Fsp3) is 0.0556. The minimum absolute atomic E-state index is 0.00289. The molecule has 1 amide bonds. The zero-order chi connectivity index (χ0) is 18.7. The molecule has 6 nitrogen and oxygen atoms in total. The zero-order valence-electron chi connectivity index (χ0n) is 13.2. The lowest BCUT2D eigenvalue weighted by atomic mass is 10.1. The molecule has 0 aliphatic carbocycles. The van der Waals surface area contributed by atoms with Crippen molar-refractivity contribution in [3.63, 3.8) is 0 Å². The van der Waals surface area contributed by atoms with E-state index in [1.165, 1.54) is 18.2 Å². The van der Waals surface area contributed by atoms with Crippen molar-refractivity contribution in [2.45, 2.75) is 0 Å². The average Bonchev–Trinajstić information content (AvgIpc) is 2.63. The Hall–Kier alpha value is -2.83. The largest absolute Gasteiger partial charge is 0.483 e. The third kappa shape index (κ3) is 3.87. The summed E-state index contributed by atoms with van der Waals surface area (Å²) in [5.41, 5.74) is -0.0234. The molecule has 26 heavy (non-hydrogen) atoms. The first-order valence-electron chi connectivity index (χ1n) is 7.49. The van der Waals surface area contributed by atoms with Gasteiger partial charge in [0.2, 0.25) is 0 Å². The van der Waals surface area contributed by atoms with Crippen LogP contribution >= 0.6 is 23.2 Å². The second kappa shape index (κ2) is 7.59. The third-order valence-corrected chi connectivity index (χ3v) is 4.27. The van der Waals surface area contributed by atoms with Crippen molar-refractivity contribution >= 4 is 51.3 Å². The number of halogens is 2. The maximum atomic E-state index is 12.1. The van der Waals surface area contributed by atoms with Gasteiger partial charge in [-0.25, -0.2) is 0 Å². The maximum Gasteiger partial charge on any atom is 0.289 e. The van der Waals surface area contributed by atoms with Gasteiger partial charge in [0.25, 0.3) is 11.6 Å². The molecule has 3 rings (SSSR count). The number of amides is 1. The monoisotopic (exact) mass is 390 g/mol. The lowest BCUT2D eigenvalue weighted by molar-refractivity contribution is -0.384. The highest BCUT2D eigenvalue weighted by atomic mass is 35.5. The Morgan fingerprint density at radius 1 is 1.04 bits per heavy atom. The summed E-state index contributed by atoms with van der Waals surface area (Å²) in [7, 11) is 0. The Labute approximate surface area is 158 Å². The summed E-state index contributed by atoms with van der Waals surface area (Å²) in [6.07, 6.45) is 0. The first-order valence-corrected chi connectivity index (χ1v) is 8.25. The van der Waals surface area contributed by atoms with E-state index in [0.29, 0.717) is 10.8 Å². The number of ether oxygens (including phenoxy) is 1. The van der Waals surface area contributed by atoms with Crippen molar-refractivity contribution in [1.29, 1.82) is 0 Å². The van der Waals surface area contributed by atoms with Crippen LogP contribution in [-0.2, 0) is 4.79 Å². The summed E-state index contributed by atoms with van der Waals surface area (Å²) in [6, 6.07) is 14.8. The number of benzene rings is 3. The van der Waals surface area contributed by atoms with E-state index < -0.39 is 10.8 Å². The van der Waals surface area contributed by atoms with E-state index in [4.69, 9.17) is 27.9 Å². The number of nitro benzene ring substituents is 1. The molecule has 3 aromatic carbocycles. The normalized spacial score (nSPS) is 10.5. The van der Waals surface area contributed by atoms with Crippen LogP contribution in [0.3, 0.4) is 0 Å². The van der Waals surface area contributed by atoms with E-state index in [2.05, 4.69) is 5.32 Å². The van der Waals surface area contributed by atoms with Gasteiger partial charge < -0.3 is 10.1 Å². The molecule has 3 aromatic rings. The number of hydrogen-bond donors (Lipinski definition) is 1. The summed E-state index contributed by atoms with van der Waals surface area (Å²) in [5, 5.41) is 15.6. The SMILES string of the molecule is O=C(COc1ccc(Cl)c2ccccc12)Nc1ccc(Cl)c([N+](=O)[O-])c1. The predicted molar refractivity (Wildman–Crippen MR) is 101 cm³/mol. The van der Waals surface area contributed by atoms with Gasteiger partial charge in [-0.3, -0.25) is 14.9 Å². The number of nitrogens with one attached hydrogen (secondary N) is 1. The number of carbonyl (C=O) groups excluding carboxylic acids is 1. The van der Waals surface area contributed by atoms with E-state index in [9.17, 15) is 14.9 Å². The molecule has 0 fully saturated rings. The fourth-order valence-electron chi connectivity index (χ4n) is 2.43. The van der Waals surface area contributed by atoms with Crippen LogP contribution in [0.4, 0.5) is 11.4 Å². The molecule has 0 saturated carbocycles. The van der Waals surface area contributed by atoms with Crippen molar-refractivity contribution < 1.29 is 14.5 Å². The molecule has 0 unspecified atom stereocenters. The Morgan fingerprint density at radius 2 is 1.73 bits per heavy atom. The average molecular weight is 391 g/mol. The first kappa shape index (κ1) is 18.0. The molecular formula is C18H12Cl2N2O4. The number of nitrogens with zero attached hydrogens (tertiary/aromatic N) is 1. The van der Waals surface area contributed by atoms with E-state index >= 15 is 0 Å². The quantitative estimate of drug-likeness (QED) is 0.486. The van der Waals surface area contributed by atoms with Crippen molar-refractivity contribution in [1.82, 2.24) is 0 Å². The lowest BCUT2D eigenvalue weighted by Gasteiger charge is -2.11. The second-order valence-corrected chi connectivity index (χ2v) is 6.17. The summed E-state index contributed by atoms with van der Waals surface area (Å²) in [6.45, 7) is -0.262. The molecule has 1 N–H and O–H groups in total. The van der Waals surface area contributed by atoms with Crippen LogP contribution < -0.4 is 10.1 Å². The van der Waals surface area contributed by atoms with E-state index in [0.717, 1.165) is 10.8 Å². The van der Waals surface area contributed by atoms with Crippen LogP contribution in [0.5, 0.6) is 5.75 Å². The van der Waals surface area contributed by atoms with Crippen molar-refractivity contribution in [3.05, 3.63) is 74.8 Å². The molecular weight excluding hydrogens is 379 g/mol. The highest BCUT2D eigenvalue weighted by Gasteiger charge is 2.14. The van der Waals surface area contributed by atoms with Crippen LogP contribution in [0.25, 0.3) is 10.8 Å². The standard InChI is InChI=1S/C18H12Cl2N2O4/c19-14-7-8-17(13-4-2-1-3-12(13)14)26-10-18(23)21-11-5-6-15(20)16(9-11)22(24)25/h1-9H,10H2,(H,21,23). The van der Waals surface area contributed by atoms with Gasteiger partial charge >= 0.3 is 0 Å². The number of rotatable bonds is 5. The van der Waals surface area contributed by atoms with Crippen LogP contribution in [0.15, 0.2) is 54.6 Å². The van der Waals surface area contributed by atoms with Crippen LogP contribution in [0.2, 0.25) is 10.0 Å². The molecule has 0 bridgehead atoms. The predicted octanol–water partition coefficient (Wildman–Crippen LogP) is 5.07. The minimum atomic E-state index is -0.617. The van der Waals surface area contributed by atoms with Crippen molar-refractivity contribution in [3.8, 4) is 5.75 Å². The fourth-order valence-corrected chi connectivity index (χ4v) is 2.85. The number of anilines is 1. The molecule has 0 saturated heterocycles. The van der Waals surface area contributed by atoms with Gasteiger partial charge in [0, 0.05) is 27.5 Å². The van der Waals surface area contributed by atoms with Gasteiger partial charge in [-0.05, 0) is 24.3 Å². The molecule has 0 radical (unpaired) electrons. The van der Waals surface area contributed by atoms with Gasteiger partial charge in [0.05, 0.1) is 4.92 Å². The summed E-state index contributed by atoms with van der Waals surface area (Å²) in [5.74, 6) is 0.0582. The summed E-state index contributed by atoms with van der Waals surface area (Å²) < 4.78 is 5.58. The number of carbonyl (C=O) groups is 1. The van der Waals surface area contributed by atoms with Crippen molar-refractivity contribution in [2.75, 3.05) is 11.9 Å². The van der Waals surface area contributed by atoms with Gasteiger partial charge in [-0.15, -0.1) is 0 Å². The summed E-state index contributed by atoms with van der Waals surface area (Å²) in [4.78, 5) is 22.4. The van der Waals surface area contributed by atoms with E-state index in [-0.39, 0.29) is 23.0 Å². The molecule has 0 aromatic heterocycles. The van der Waals surface area contributed by atoms with Crippen molar-refractivity contribution in [2.24, 2.45) is 0 Å². The molecule has 132 valence electrons. The number of hydrogen-bond acceptors (Lipinski definition) is 4. The van der Waals surface area contributed by atoms with Crippen LogP contribution in [-0.4, -0.2) is 17.4 Å². The van der Waals surface area contributed by atoms with Gasteiger partial charge in [-0.2, -0.15) is 0 Å². The smallest absolute Gasteiger partial charge is 0.289 e. The van der Waals surface area contributed by atoms with E-state index in [1.807, 2.05) is 24.3 Å². The molecule has 8 heteroatoms. The zero-order valence-corrected chi connectivity index (χ0v) is 14.8. The molecule has 0 atom stereocenters. The number of fused-ring (bicyclic) bond motifs is 1. The first-order chi connectivity index (χ1) is 12.5. The van der Waals surface area contributed by atoms with Crippen LogP contribution in [0.1, 0.15) is 0 Å². The lowest BCUT2D eigenvalue weighted by Crippen LogP contribution is -2.20. The Bertz CT molecular complexity index is 1010. The highest BCUT2D eigenvalue weighted by molar-refractivity contribution is 6.35. The molecule has 0 aliphatic rings. The highest BCUT2D eigenvalue weighted by Crippen LogP contribution is 2.31. The summed E-state index contributed by atoms with van der Waals surface area (Å²) >= 11 is 11.9. The second-order valence-electron chi connectivity index (χ2n) is 5.35. The minimum Gasteiger partial charge on any atom is -0.483 e. The molecule has 0 spiro atoms. The van der Waals surface area contributed by atoms with Crippen LogP contribution in [0, 0.1) is 10.1 Å². The van der Waals surface area contributed by atoms with Gasteiger partial charge in [-0.1, -0.05) is 47.5 Å². The third-order valence-electron chi connectivity index (χ3n) is 3.62. The Morgan fingerprint density at radius 3 is 2.46 bits per heavy atom. The van der Waals surface area contributed by atoms with E-state index in [1.54, 1.807) is 12.1 Å². The molecule has 0 heterocycles. The Balaban J connectivity index is 1.71. The van der Waals surface area contributed by atoms with Gasteiger partial charge in [0.15, 0.2) is 6.61 Å². The Kier molecular flexibility index (Phi) is 5.25. The topological polar surface area (TPSA) is 81.5 Å². The number of nitro groups is 1. The molecule has 0 aliphatic heterocycles.